The normalized spacial score (nSPS) is 9.00. The molecule has 0 amide bonds. The second-order valence-electron chi connectivity index (χ2n) is 1.30. The number of H-pyrrole nitrogens is 2. The summed E-state index contributed by atoms with van der Waals surface area (Å²) in [5, 5.41) is 0.359. The van der Waals surface area contributed by atoms with Gasteiger partial charge < -0.3 is 0 Å². The van der Waals surface area contributed by atoms with Crippen LogP contribution >= 0.6 is 12.6 Å². The van der Waals surface area contributed by atoms with Crippen molar-refractivity contribution in [2.75, 3.05) is 0 Å². The summed E-state index contributed by atoms with van der Waals surface area (Å²) in [6.45, 7) is 0. The Balaban J connectivity index is 3.28. The second kappa shape index (κ2) is 1.92. The lowest BCUT2D eigenvalue weighted by molar-refractivity contribution is -0.433. The fourth-order valence-electron chi connectivity index (χ4n) is 0.383. The van der Waals surface area contributed by atoms with Crippen LogP contribution in [0.5, 0.6) is 0 Å². The van der Waals surface area contributed by atoms with Gasteiger partial charge in [-0.25, -0.2) is 9.78 Å². The molecule has 1 aromatic heterocycles. The highest BCUT2D eigenvalue weighted by Crippen LogP contribution is 1.79. The van der Waals surface area contributed by atoms with E-state index >= 15 is 0 Å². The van der Waals surface area contributed by atoms with E-state index in [1.165, 1.54) is 12.3 Å². The van der Waals surface area contributed by atoms with Crippen molar-refractivity contribution in [3.8, 4) is 0 Å². The van der Waals surface area contributed by atoms with Gasteiger partial charge in [0.25, 0.3) is 0 Å². The molecule has 1 radical (unpaired) electrons. The van der Waals surface area contributed by atoms with Crippen LogP contribution in [0.2, 0.25) is 0 Å². The monoisotopic (exact) mass is 128 g/mol. The molecule has 0 saturated carbocycles. The average Bonchev–Trinajstić information content (AvgIpc) is 1.64. The van der Waals surface area contributed by atoms with E-state index < -0.39 is 0 Å². The standard InChI is InChI=1S/C4H3N2OS/c7-3-1-2-5-4(8)6-3/h1-2H,(H,5,6,7)/p+1. The molecule has 0 aliphatic rings. The quantitative estimate of drug-likeness (QED) is 0.481. The van der Waals surface area contributed by atoms with E-state index in [1.54, 1.807) is 0 Å². The topological polar surface area (TPSA) is 47.0 Å². The fourth-order valence-corrected chi connectivity index (χ4v) is 0.551. The summed E-state index contributed by atoms with van der Waals surface area (Å²) in [5.74, 6) is 0. The molecule has 0 atom stereocenters. The zero-order valence-electron chi connectivity index (χ0n) is 3.97. The smallest absolute Gasteiger partial charge is 0.241 e. The van der Waals surface area contributed by atoms with Crippen molar-refractivity contribution in [3.63, 3.8) is 0 Å². The minimum absolute atomic E-state index is 0.172. The van der Waals surface area contributed by atoms with Crippen LogP contribution in [0.1, 0.15) is 0 Å². The van der Waals surface area contributed by atoms with Gasteiger partial charge in [-0.1, -0.05) is 0 Å². The molecular weight excluding hydrogens is 124 g/mol. The van der Waals surface area contributed by atoms with Gasteiger partial charge in [0.15, 0.2) is 0 Å². The third-order valence-corrected chi connectivity index (χ3v) is 0.906. The summed E-state index contributed by atoms with van der Waals surface area (Å²) in [4.78, 5) is 15.4. The van der Waals surface area contributed by atoms with Crippen molar-refractivity contribution >= 4 is 12.6 Å². The highest BCUT2D eigenvalue weighted by molar-refractivity contribution is 7.79. The maximum Gasteiger partial charge on any atom is 0.349 e. The molecule has 4 heteroatoms. The fraction of sp³-hybridized carbons (Fsp3) is 0. The van der Waals surface area contributed by atoms with E-state index in [4.69, 9.17) is 0 Å². The molecule has 41 valence electrons. The van der Waals surface area contributed by atoms with Crippen molar-refractivity contribution in [2.45, 2.75) is 5.16 Å². The summed E-state index contributed by atoms with van der Waals surface area (Å²) < 4.78 is 0. The number of aromatic nitrogens is 2. The molecule has 8 heavy (non-hydrogen) atoms. The van der Waals surface area contributed by atoms with Gasteiger partial charge in [0, 0.05) is 12.6 Å². The molecule has 1 rings (SSSR count). The predicted octanol–water partition coefficient (Wildman–Crippen LogP) is -0.255. The average molecular weight is 128 g/mol. The van der Waals surface area contributed by atoms with Crippen molar-refractivity contribution < 1.29 is 4.98 Å². The second-order valence-corrected chi connectivity index (χ2v) is 1.70. The Bertz CT molecular complexity index is 231. The molecule has 1 aromatic rings. The van der Waals surface area contributed by atoms with E-state index in [0.29, 0.717) is 5.16 Å². The third kappa shape index (κ3) is 1.04. The van der Waals surface area contributed by atoms with Crippen LogP contribution in [0.3, 0.4) is 0 Å². The van der Waals surface area contributed by atoms with E-state index in [-0.39, 0.29) is 5.56 Å². The minimum Gasteiger partial charge on any atom is -0.241 e. The van der Waals surface area contributed by atoms with Gasteiger partial charge in [-0.3, -0.25) is 0 Å². The number of rotatable bonds is 0. The Kier molecular flexibility index (Phi) is 1.26. The Morgan fingerprint density at radius 2 is 2.50 bits per heavy atom. The van der Waals surface area contributed by atoms with E-state index in [1.807, 2.05) is 0 Å². The SMILES string of the molecule is O=c1cc[nH+]c([S])[nH]1. The number of aromatic amines is 2. The lowest BCUT2D eigenvalue weighted by Gasteiger charge is -1.73. The lowest BCUT2D eigenvalue weighted by Crippen LogP contribution is -2.14. The van der Waals surface area contributed by atoms with Crippen molar-refractivity contribution in [3.05, 3.63) is 22.6 Å². The van der Waals surface area contributed by atoms with Gasteiger partial charge in [-0.2, -0.15) is 4.98 Å². The largest absolute Gasteiger partial charge is 0.349 e. The molecule has 0 unspecified atom stereocenters. The first-order valence-corrected chi connectivity index (χ1v) is 2.48. The minimum atomic E-state index is -0.172. The molecule has 0 aliphatic carbocycles. The van der Waals surface area contributed by atoms with Crippen LogP contribution < -0.4 is 10.5 Å². The first-order valence-electron chi connectivity index (χ1n) is 2.07. The molecule has 2 N–H and O–H groups in total. The number of hydrogen-bond donors (Lipinski definition) is 1. The van der Waals surface area contributed by atoms with Crippen LogP contribution in [-0.4, -0.2) is 4.98 Å². The van der Waals surface area contributed by atoms with E-state index in [2.05, 4.69) is 22.6 Å². The third-order valence-electron chi connectivity index (χ3n) is 0.686. The van der Waals surface area contributed by atoms with Crippen molar-refractivity contribution in [2.24, 2.45) is 0 Å². The number of hydrogen-bond acceptors (Lipinski definition) is 1. The summed E-state index contributed by atoms with van der Waals surface area (Å²) in [7, 11) is 0. The zero-order chi connectivity index (χ0) is 5.98. The van der Waals surface area contributed by atoms with Crippen molar-refractivity contribution in [1.82, 2.24) is 4.98 Å². The highest BCUT2D eigenvalue weighted by atomic mass is 32.1. The Morgan fingerprint density at radius 3 is 2.88 bits per heavy atom. The maximum atomic E-state index is 10.3. The van der Waals surface area contributed by atoms with Crippen LogP contribution in [0.15, 0.2) is 22.2 Å². The highest BCUT2D eigenvalue weighted by Gasteiger charge is 1.91. The molecule has 3 nitrogen and oxygen atoms in total. The molecule has 0 aliphatic heterocycles. The van der Waals surface area contributed by atoms with E-state index in [0.717, 1.165) is 0 Å². The Morgan fingerprint density at radius 1 is 1.75 bits per heavy atom. The molecular formula is C4H4N2OS+. The van der Waals surface area contributed by atoms with Crippen LogP contribution in [0, 0.1) is 0 Å². The van der Waals surface area contributed by atoms with Gasteiger partial charge in [0.2, 0.25) is 0 Å². The summed E-state index contributed by atoms with van der Waals surface area (Å²) in [6, 6.07) is 1.37. The summed E-state index contributed by atoms with van der Waals surface area (Å²) in [6.07, 6.45) is 1.50. The molecule has 0 fully saturated rings. The van der Waals surface area contributed by atoms with Gasteiger partial charge in [-0.05, 0) is 0 Å². The van der Waals surface area contributed by atoms with Crippen LogP contribution in [-0.2, 0) is 0 Å². The van der Waals surface area contributed by atoms with Gasteiger partial charge in [-0.15, -0.1) is 0 Å². The van der Waals surface area contributed by atoms with Crippen LogP contribution in [0.25, 0.3) is 0 Å². The maximum absolute atomic E-state index is 10.3. The lowest BCUT2D eigenvalue weighted by atomic mass is 10.7. The molecule has 1 heterocycles. The van der Waals surface area contributed by atoms with Gasteiger partial charge in [0.1, 0.15) is 0 Å². The first kappa shape index (κ1) is 5.24. The number of nitrogens with one attached hydrogen (secondary N) is 2. The van der Waals surface area contributed by atoms with Crippen LogP contribution in [0.4, 0.5) is 0 Å². The van der Waals surface area contributed by atoms with Gasteiger partial charge in [0.05, 0.1) is 12.3 Å². The zero-order valence-corrected chi connectivity index (χ0v) is 4.79. The Hall–Kier alpha value is -0.900. The van der Waals surface area contributed by atoms with E-state index in [9.17, 15) is 4.79 Å². The molecule has 0 saturated heterocycles. The summed E-state index contributed by atoms with van der Waals surface area (Å²) >= 11 is 4.59. The predicted molar refractivity (Wildman–Crippen MR) is 29.5 cm³/mol. The summed E-state index contributed by atoms with van der Waals surface area (Å²) in [5.41, 5.74) is -0.172. The Labute approximate surface area is 51.2 Å². The molecule has 0 aromatic carbocycles. The van der Waals surface area contributed by atoms with Gasteiger partial charge >= 0.3 is 10.7 Å². The molecule has 0 spiro atoms. The first-order chi connectivity index (χ1) is 3.79. The van der Waals surface area contributed by atoms with Crippen molar-refractivity contribution in [1.29, 1.82) is 0 Å². The molecule has 0 bridgehead atoms.